The van der Waals surface area contributed by atoms with Crippen molar-refractivity contribution in [3.8, 4) is 0 Å². The van der Waals surface area contributed by atoms with Crippen LogP contribution in [0.15, 0.2) is 12.5 Å². The lowest BCUT2D eigenvalue weighted by atomic mass is 9.94. The van der Waals surface area contributed by atoms with Gasteiger partial charge in [-0.25, -0.2) is 4.98 Å². The first-order chi connectivity index (χ1) is 9.13. The summed E-state index contributed by atoms with van der Waals surface area (Å²) in [7, 11) is 2.05. The Kier molecular flexibility index (Phi) is 4.96. The van der Waals surface area contributed by atoms with Gasteiger partial charge in [-0.3, -0.25) is 4.90 Å². The first kappa shape index (κ1) is 14.5. The summed E-state index contributed by atoms with van der Waals surface area (Å²) in [6.45, 7) is 6.01. The van der Waals surface area contributed by atoms with Gasteiger partial charge >= 0.3 is 0 Å². The van der Waals surface area contributed by atoms with E-state index in [1.54, 1.807) is 0 Å². The van der Waals surface area contributed by atoms with Crippen molar-refractivity contribution in [1.29, 1.82) is 0 Å². The van der Waals surface area contributed by atoms with E-state index in [4.69, 9.17) is 4.74 Å². The van der Waals surface area contributed by atoms with E-state index in [1.165, 1.54) is 5.69 Å². The molecule has 1 aromatic heterocycles. The van der Waals surface area contributed by atoms with E-state index >= 15 is 0 Å². The summed E-state index contributed by atoms with van der Waals surface area (Å²) in [4.78, 5) is 6.39. The Morgan fingerprint density at radius 1 is 1.47 bits per heavy atom. The van der Waals surface area contributed by atoms with Crippen LogP contribution in [0.25, 0.3) is 0 Å². The number of ether oxygens (including phenoxy) is 1. The van der Waals surface area contributed by atoms with Gasteiger partial charge in [-0.15, -0.1) is 0 Å². The third-order valence-electron chi connectivity index (χ3n) is 3.68. The average molecular weight is 267 g/mol. The van der Waals surface area contributed by atoms with Crippen molar-refractivity contribution in [2.45, 2.75) is 44.9 Å². The number of rotatable bonds is 6. The van der Waals surface area contributed by atoms with Crippen molar-refractivity contribution in [1.82, 2.24) is 14.5 Å². The molecule has 0 bridgehead atoms. The molecule has 2 heterocycles. The predicted molar refractivity (Wildman–Crippen MR) is 73.9 cm³/mol. The number of nitrogens with zero attached hydrogens (tertiary/aromatic N) is 3. The molecule has 0 amide bonds. The smallest absolute Gasteiger partial charge is 0.0948 e. The van der Waals surface area contributed by atoms with Gasteiger partial charge < -0.3 is 14.4 Å². The van der Waals surface area contributed by atoms with Crippen LogP contribution in [0.5, 0.6) is 0 Å². The lowest BCUT2D eigenvalue weighted by Crippen LogP contribution is -2.45. The van der Waals surface area contributed by atoms with Gasteiger partial charge in [-0.2, -0.15) is 0 Å². The molecule has 0 spiro atoms. The highest BCUT2D eigenvalue weighted by Crippen LogP contribution is 2.21. The Bertz CT molecular complexity index is 386. The molecule has 0 atom stereocenters. The van der Waals surface area contributed by atoms with E-state index in [-0.39, 0.29) is 0 Å². The first-order valence-corrected chi connectivity index (χ1v) is 7.11. The minimum atomic E-state index is -0.595. The van der Waals surface area contributed by atoms with Crippen LogP contribution in [0.3, 0.4) is 0 Å². The first-order valence-electron chi connectivity index (χ1n) is 7.11. The average Bonchev–Trinajstić information content (AvgIpc) is 2.77. The van der Waals surface area contributed by atoms with Crippen LogP contribution >= 0.6 is 0 Å². The Labute approximate surface area is 115 Å². The Hall–Kier alpha value is -0.910. The molecule has 19 heavy (non-hydrogen) atoms. The van der Waals surface area contributed by atoms with Crippen LogP contribution in [0.1, 0.15) is 31.9 Å². The lowest BCUT2D eigenvalue weighted by molar-refractivity contribution is -0.0779. The van der Waals surface area contributed by atoms with Gasteiger partial charge in [0.1, 0.15) is 0 Å². The van der Waals surface area contributed by atoms with Crippen LogP contribution in [0.4, 0.5) is 0 Å². The topological polar surface area (TPSA) is 50.5 Å². The molecule has 1 aliphatic rings. The van der Waals surface area contributed by atoms with Crippen LogP contribution in [0, 0.1) is 0 Å². The summed E-state index contributed by atoms with van der Waals surface area (Å²) in [6.07, 6.45) is 6.36. The molecule has 0 aromatic carbocycles. The quantitative estimate of drug-likeness (QED) is 0.843. The van der Waals surface area contributed by atoms with Crippen LogP contribution < -0.4 is 0 Å². The van der Waals surface area contributed by atoms with Crippen molar-refractivity contribution in [3.63, 3.8) is 0 Å². The van der Waals surface area contributed by atoms with E-state index in [0.29, 0.717) is 19.8 Å². The zero-order valence-electron chi connectivity index (χ0n) is 12.0. The molecule has 0 radical (unpaired) electrons. The summed E-state index contributed by atoms with van der Waals surface area (Å²) in [6, 6.07) is 0. The molecule has 5 nitrogen and oxygen atoms in total. The molecule has 0 aliphatic carbocycles. The highest BCUT2D eigenvalue weighted by molar-refractivity contribution is 4.98. The van der Waals surface area contributed by atoms with Crippen molar-refractivity contribution < 1.29 is 9.84 Å². The van der Waals surface area contributed by atoms with Gasteiger partial charge in [0.25, 0.3) is 0 Å². The zero-order valence-corrected chi connectivity index (χ0v) is 12.0. The zero-order chi connectivity index (χ0) is 13.7. The molecule has 2 rings (SSSR count). The van der Waals surface area contributed by atoms with Gasteiger partial charge in [-0.1, -0.05) is 6.92 Å². The summed E-state index contributed by atoms with van der Waals surface area (Å²) in [5.74, 6) is 0. The number of hydrogen-bond donors (Lipinski definition) is 1. The summed E-state index contributed by atoms with van der Waals surface area (Å²) >= 11 is 0. The second-order valence-corrected chi connectivity index (χ2v) is 5.59. The van der Waals surface area contributed by atoms with Crippen molar-refractivity contribution in [2.75, 3.05) is 26.8 Å². The minimum Gasteiger partial charge on any atom is -0.388 e. The SMILES string of the molecule is CCCn1cncc1CN(C)CC1(O)CCOCC1. The Morgan fingerprint density at radius 3 is 2.89 bits per heavy atom. The number of aliphatic hydroxyl groups is 1. The fourth-order valence-corrected chi connectivity index (χ4v) is 2.67. The predicted octanol–water partition coefficient (Wildman–Crippen LogP) is 1.27. The molecule has 108 valence electrons. The highest BCUT2D eigenvalue weighted by Gasteiger charge is 2.31. The van der Waals surface area contributed by atoms with Gasteiger partial charge in [0.2, 0.25) is 0 Å². The lowest BCUT2D eigenvalue weighted by Gasteiger charge is -2.35. The van der Waals surface area contributed by atoms with Crippen LogP contribution in [0.2, 0.25) is 0 Å². The third-order valence-corrected chi connectivity index (χ3v) is 3.68. The van der Waals surface area contributed by atoms with Gasteiger partial charge in [0, 0.05) is 51.9 Å². The number of hydrogen-bond acceptors (Lipinski definition) is 4. The standard InChI is InChI=1S/C14H25N3O2/c1-3-6-17-12-15-9-13(17)10-16(2)11-14(18)4-7-19-8-5-14/h9,12,18H,3-8,10-11H2,1-2H3. The maximum absolute atomic E-state index is 10.5. The van der Waals surface area contributed by atoms with Gasteiger partial charge in [-0.05, 0) is 13.5 Å². The van der Waals surface area contributed by atoms with Crippen molar-refractivity contribution in [2.24, 2.45) is 0 Å². The maximum atomic E-state index is 10.5. The van der Waals surface area contributed by atoms with E-state index in [0.717, 1.165) is 32.4 Å². The second kappa shape index (κ2) is 6.50. The highest BCUT2D eigenvalue weighted by atomic mass is 16.5. The minimum absolute atomic E-state index is 0.595. The van der Waals surface area contributed by atoms with E-state index < -0.39 is 5.60 Å². The number of imidazole rings is 1. The molecule has 5 heteroatoms. The maximum Gasteiger partial charge on any atom is 0.0948 e. The van der Waals surface area contributed by atoms with E-state index in [1.807, 2.05) is 12.5 Å². The fraction of sp³-hybridized carbons (Fsp3) is 0.786. The molecule has 1 aromatic rings. The number of likely N-dealkylation sites (N-methyl/N-ethyl adjacent to an activating group) is 1. The van der Waals surface area contributed by atoms with Crippen LogP contribution in [-0.2, 0) is 17.8 Å². The van der Waals surface area contributed by atoms with Crippen LogP contribution in [-0.4, -0.2) is 52.0 Å². The Balaban J connectivity index is 1.89. The summed E-state index contributed by atoms with van der Waals surface area (Å²) in [5, 5.41) is 10.5. The second-order valence-electron chi connectivity index (χ2n) is 5.59. The fourth-order valence-electron chi connectivity index (χ4n) is 2.67. The van der Waals surface area contributed by atoms with Crippen molar-refractivity contribution >= 4 is 0 Å². The molecular formula is C14H25N3O2. The van der Waals surface area contributed by atoms with Gasteiger partial charge in [0.15, 0.2) is 0 Å². The summed E-state index contributed by atoms with van der Waals surface area (Å²) < 4.78 is 7.50. The van der Waals surface area contributed by atoms with Gasteiger partial charge in [0.05, 0.1) is 17.6 Å². The van der Waals surface area contributed by atoms with E-state index in [2.05, 4.69) is 28.4 Å². The third kappa shape index (κ3) is 4.03. The molecule has 1 fully saturated rings. The monoisotopic (exact) mass is 267 g/mol. The normalized spacial score (nSPS) is 18.9. The molecule has 1 N–H and O–H groups in total. The summed E-state index contributed by atoms with van der Waals surface area (Å²) in [5.41, 5.74) is 0.614. The molecule has 1 aliphatic heterocycles. The number of aromatic nitrogens is 2. The number of aryl methyl sites for hydroxylation is 1. The van der Waals surface area contributed by atoms with Crippen molar-refractivity contribution in [3.05, 3.63) is 18.2 Å². The Morgan fingerprint density at radius 2 is 2.21 bits per heavy atom. The molecular weight excluding hydrogens is 242 g/mol. The largest absolute Gasteiger partial charge is 0.388 e. The van der Waals surface area contributed by atoms with E-state index in [9.17, 15) is 5.11 Å². The molecule has 1 saturated heterocycles. The molecule has 0 saturated carbocycles. The molecule has 0 unspecified atom stereocenters.